The molecule has 0 heterocycles. The van der Waals surface area contributed by atoms with Crippen LogP contribution in [-0.2, 0) is 11.8 Å². The smallest absolute Gasteiger partial charge is 0.000823 e. The Hall–Kier alpha value is -0.820. The molecule has 0 saturated carbocycles. The van der Waals surface area contributed by atoms with E-state index in [1.165, 1.54) is 24.0 Å². The van der Waals surface area contributed by atoms with E-state index in [1.807, 2.05) is 0 Å². The van der Waals surface area contributed by atoms with Crippen LogP contribution in [0, 0.1) is 5.41 Å². The zero-order chi connectivity index (χ0) is 15.2. The van der Waals surface area contributed by atoms with E-state index in [9.17, 15) is 0 Å². The Bertz CT molecular complexity index is 385. The first-order chi connectivity index (χ1) is 9.30. The van der Waals surface area contributed by atoms with Crippen molar-refractivity contribution >= 4 is 0 Å². The molecule has 20 heavy (non-hydrogen) atoms. The van der Waals surface area contributed by atoms with Crippen molar-refractivity contribution in [3.63, 3.8) is 0 Å². The molecule has 0 amide bonds. The van der Waals surface area contributed by atoms with Gasteiger partial charge < -0.3 is 5.32 Å². The van der Waals surface area contributed by atoms with Gasteiger partial charge in [-0.1, -0.05) is 72.2 Å². The standard InChI is InChI=1S/C19H33N/c1-7-13-19(6,15-20-8-2)14-16-9-11-17(12-10-16)18(3,4)5/h9-12,20H,7-8,13-15H2,1-6H3. The second-order valence-corrected chi connectivity index (χ2v) is 7.46. The van der Waals surface area contributed by atoms with E-state index in [-0.39, 0.29) is 5.41 Å². The Morgan fingerprint density at radius 3 is 2.00 bits per heavy atom. The predicted molar refractivity (Wildman–Crippen MR) is 90.4 cm³/mol. The van der Waals surface area contributed by atoms with Gasteiger partial charge in [0.25, 0.3) is 0 Å². The molecular formula is C19H33N. The Kier molecular flexibility index (Phi) is 6.26. The minimum absolute atomic E-state index is 0.245. The first-order valence-electron chi connectivity index (χ1n) is 8.11. The van der Waals surface area contributed by atoms with E-state index in [1.54, 1.807) is 0 Å². The molecule has 0 aliphatic rings. The summed E-state index contributed by atoms with van der Waals surface area (Å²) in [7, 11) is 0. The summed E-state index contributed by atoms with van der Waals surface area (Å²) in [5.41, 5.74) is 3.50. The second-order valence-electron chi connectivity index (χ2n) is 7.46. The molecular weight excluding hydrogens is 242 g/mol. The monoisotopic (exact) mass is 275 g/mol. The Labute approximate surface area is 126 Å². The molecule has 1 N–H and O–H groups in total. The molecule has 0 spiro atoms. The van der Waals surface area contributed by atoms with Gasteiger partial charge in [-0.2, -0.15) is 0 Å². The third kappa shape index (κ3) is 5.28. The zero-order valence-corrected chi connectivity index (χ0v) is 14.3. The van der Waals surface area contributed by atoms with Crippen LogP contribution in [0.1, 0.15) is 65.5 Å². The topological polar surface area (TPSA) is 12.0 Å². The van der Waals surface area contributed by atoms with Crippen molar-refractivity contribution in [1.29, 1.82) is 0 Å². The average molecular weight is 275 g/mol. The minimum atomic E-state index is 0.245. The maximum absolute atomic E-state index is 3.53. The highest BCUT2D eigenvalue weighted by Gasteiger charge is 2.23. The number of nitrogens with one attached hydrogen (secondary N) is 1. The number of rotatable bonds is 7. The van der Waals surface area contributed by atoms with Crippen molar-refractivity contribution in [2.45, 2.75) is 66.2 Å². The molecule has 0 aromatic heterocycles. The summed E-state index contributed by atoms with van der Waals surface area (Å²) >= 11 is 0. The van der Waals surface area contributed by atoms with Crippen molar-refractivity contribution in [3.05, 3.63) is 35.4 Å². The lowest BCUT2D eigenvalue weighted by Crippen LogP contribution is -2.33. The van der Waals surface area contributed by atoms with E-state index in [0.29, 0.717) is 5.41 Å². The molecule has 0 saturated heterocycles. The highest BCUT2D eigenvalue weighted by molar-refractivity contribution is 5.28. The Balaban J connectivity index is 2.78. The van der Waals surface area contributed by atoms with Gasteiger partial charge in [0, 0.05) is 6.54 Å². The van der Waals surface area contributed by atoms with Crippen LogP contribution in [-0.4, -0.2) is 13.1 Å². The SMILES string of the molecule is CCCC(C)(CNCC)Cc1ccc(C(C)(C)C)cc1. The number of benzene rings is 1. The van der Waals surface area contributed by atoms with E-state index >= 15 is 0 Å². The zero-order valence-electron chi connectivity index (χ0n) is 14.3. The minimum Gasteiger partial charge on any atom is -0.316 e. The van der Waals surface area contributed by atoms with Crippen LogP contribution in [0.2, 0.25) is 0 Å². The first-order valence-corrected chi connectivity index (χ1v) is 8.11. The summed E-state index contributed by atoms with van der Waals surface area (Å²) in [6.07, 6.45) is 3.70. The van der Waals surface area contributed by atoms with Crippen molar-refractivity contribution in [1.82, 2.24) is 5.32 Å². The lowest BCUT2D eigenvalue weighted by Gasteiger charge is -2.30. The molecule has 1 nitrogen and oxygen atoms in total. The van der Waals surface area contributed by atoms with Gasteiger partial charge in [-0.05, 0) is 41.3 Å². The van der Waals surface area contributed by atoms with Gasteiger partial charge in [-0.3, -0.25) is 0 Å². The van der Waals surface area contributed by atoms with Crippen LogP contribution < -0.4 is 5.32 Å². The quantitative estimate of drug-likeness (QED) is 0.743. The summed E-state index contributed by atoms with van der Waals surface area (Å²) in [5.74, 6) is 0. The molecule has 1 heteroatoms. The van der Waals surface area contributed by atoms with Crippen LogP contribution in [0.15, 0.2) is 24.3 Å². The van der Waals surface area contributed by atoms with Gasteiger partial charge in [-0.15, -0.1) is 0 Å². The van der Waals surface area contributed by atoms with E-state index < -0.39 is 0 Å². The van der Waals surface area contributed by atoms with Gasteiger partial charge in [-0.25, -0.2) is 0 Å². The predicted octanol–water partition coefficient (Wildman–Crippen LogP) is 4.94. The summed E-state index contributed by atoms with van der Waals surface area (Å²) in [6.45, 7) is 15.9. The van der Waals surface area contributed by atoms with Crippen LogP contribution in [0.4, 0.5) is 0 Å². The normalized spacial score (nSPS) is 15.1. The summed E-state index contributed by atoms with van der Waals surface area (Å²) in [5, 5.41) is 3.53. The van der Waals surface area contributed by atoms with Gasteiger partial charge in [0.1, 0.15) is 0 Å². The molecule has 0 aliphatic carbocycles. The van der Waals surface area contributed by atoms with Crippen LogP contribution in [0.25, 0.3) is 0 Å². The fraction of sp³-hybridized carbons (Fsp3) is 0.684. The fourth-order valence-corrected chi connectivity index (χ4v) is 2.89. The van der Waals surface area contributed by atoms with Crippen molar-refractivity contribution in [2.75, 3.05) is 13.1 Å². The van der Waals surface area contributed by atoms with E-state index in [0.717, 1.165) is 19.5 Å². The molecule has 114 valence electrons. The molecule has 1 rings (SSSR count). The molecule has 1 atom stereocenters. The third-order valence-electron chi connectivity index (χ3n) is 4.11. The van der Waals surface area contributed by atoms with E-state index in [2.05, 4.69) is 71.1 Å². The van der Waals surface area contributed by atoms with Gasteiger partial charge in [0.15, 0.2) is 0 Å². The van der Waals surface area contributed by atoms with E-state index in [4.69, 9.17) is 0 Å². The molecule has 1 aromatic rings. The van der Waals surface area contributed by atoms with Crippen molar-refractivity contribution in [2.24, 2.45) is 5.41 Å². The van der Waals surface area contributed by atoms with Crippen molar-refractivity contribution < 1.29 is 0 Å². The Morgan fingerprint density at radius 2 is 1.55 bits per heavy atom. The molecule has 0 radical (unpaired) electrons. The lowest BCUT2D eigenvalue weighted by atomic mass is 9.79. The summed E-state index contributed by atoms with van der Waals surface area (Å²) < 4.78 is 0. The fourth-order valence-electron chi connectivity index (χ4n) is 2.89. The van der Waals surface area contributed by atoms with Gasteiger partial charge in [0.2, 0.25) is 0 Å². The molecule has 0 fully saturated rings. The molecule has 1 aromatic carbocycles. The average Bonchev–Trinajstić information content (AvgIpc) is 2.36. The second kappa shape index (κ2) is 7.26. The maximum Gasteiger partial charge on any atom is 0.000823 e. The van der Waals surface area contributed by atoms with Crippen molar-refractivity contribution in [3.8, 4) is 0 Å². The lowest BCUT2D eigenvalue weighted by molar-refractivity contribution is 0.277. The third-order valence-corrected chi connectivity index (χ3v) is 4.11. The molecule has 0 aliphatic heterocycles. The highest BCUT2D eigenvalue weighted by Crippen LogP contribution is 2.29. The highest BCUT2D eigenvalue weighted by atomic mass is 14.9. The Morgan fingerprint density at radius 1 is 0.950 bits per heavy atom. The number of hydrogen-bond acceptors (Lipinski definition) is 1. The van der Waals surface area contributed by atoms with Crippen LogP contribution >= 0.6 is 0 Å². The maximum atomic E-state index is 3.53. The summed E-state index contributed by atoms with van der Waals surface area (Å²) in [6, 6.07) is 9.24. The van der Waals surface area contributed by atoms with Gasteiger partial charge in [0.05, 0.1) is 0 Å². The van der Waals surface area contributed by atoms with Gasteiger partial charge >= 0.3 is 0 Å². The number of hydrogen-bond donors (Lipinski definition) is 1. The first kappa shape index (κ1) is 17.2. The summed E-state index contributed by atoms with van der Waals surface area (Å²) in [4.78, 5) is 0. The molecule has 1 unspecified atom stereocenters. The van der Waals surface area contributed by atoms with Crippen LogP contribution in [0.3, 0.4) is 0 Å². The molecule has 0 bridgehead atoms. The van der Waals surface area contributed by atoms with Crippen LogP contribution in [0.5, 0.6) is 0 Å². The largest absolute Gasteiger partial charge is 0.316 e.